The Bertz CT molecular complexity index is 859. The van der Waals surface area contributed by atoms with Gasteiger partial charge in [-0.1, -0.05) is 0 Å². The second-order valence-electron chi connectivity index (χ2n) is 6.70. The number of carbonyl (C=O) groups excluding carboxylic acids is 2. The molecule has 144 valence electrons. The van der Waals surface area contributed by atoms with Gasteiger partial charge in [0.2, 0.25) is 0 Å². The Morgan fingerprint density at radius 3 is 2.30 bits per heavy atom. The molecule has 1 N–H and O–H groups in total. The predicted octanol–water partition coefficient (Wildman–Crippen LogP) is 4.45. The number of anilines is 2. The van der Waals surface area contributed by atoms with E-state index in [1.54, 1.807) is 51.1 Å². The maximum Gasteiger partial charge on any atom is 0.316 e. The van der Waals surface area contributed by atoms with Gasteiger partial charge in [0.1, 0.15) is 5.75 Å². The van der Waals surface area contributed by atoms with Gasteiger partial charge < -0.3 is 4.74 Å². The fourth-order valence-corrected chi connectivity index (χ4v) is 3.25. The van der Waals surface area contributed by atoms with Gasteiger partial charge in [-0.15, -0.1) is 11.8 Å². The van der Waals surface area contributed by atoms with E-state index in [-0.39, 0.29) is 5.97 Å². The molecule has 27 heavy (non-hydrogen) atoms. The summed E-state index contributed by atoms with van der Waals surface area (Å²) in [5, 5.41) is 0. The molecule has 0 fully saturated rings. The fraction of sp³-hybridized carbons (Fsp3) is 0.263. The molecule has 0 saturated heterocycles. The third-order valence-corrected chi connectivity index (χ3v) is 5.08. The van der Waals surface area contributed by atoms with Gasteiger partial charge in [0, 0.05) is 10.5 Å². The molecule has 1 atom stereocenters. The quantitative estimate of drug-likeness (QED) is 0.250. The molecule has 0 aliphatic heterocycles. The van der Waals surface area contributed by atoms with Crippen molar-refractivity contribution in [1.82, 2.24) is 0 Å². The lowest BCUT2D eigenvalue weighted by molar-refractivity contribution is -0.143. The van der Waals surface area contributed by atoms with Crippen molar-refractivity contribution in [3.8, 4) is 5.75 Å². The average Bonchev–Trinajstić information content (AvgIpc) is 2.62. The van der Waals surface area contributed by atoms with Crippen LogP contribution in [0.5, 0.6) is 5.75 Å². The van der Waals surface area contributed by atoms with E-state index in [1.165, 1.54) is 23.9 Å². The molecule has 1 unspecified atom stereocenters. The summed E-state index contributed by atoms with van der Waals surface area (Å²) in [4.78, 5) is 24.3. The molecule has 2 rings (SSSR count). The Morgan fingerprint density at radius 1 is 1.19 bits per heavy atom. The zero-order valence-electron chi connectivity index (χ0n) is 15.5. The van der Waals surface area contributed by atoms with Crippen LogP contribution in [-0.2, 0) is 16.1 Å². The largest absolute Gasteiger partial charge is 0.426 e. The van der Waals surface area contributed by atoms with Gasteiger partial charge in [0.05, 0.1) is 16.8 Å². The minimum absolute atomic E-state index is 0.299. The van der Waals surface area contributed by atoms with Gasteiger partial charge in [0.15, 0.2) is 6.29 Å². The van der Waals surface area contributed by atoms with Crippen molar-refractivity contribution in [3.05, 3.63) is 48.0 Å². The van der Waals surface area contributed by atoms with Crippen LogP contribution in [0.2, 0.25) is 0 Å². The van der Waals surface area contributed by atoms with E-state index in [4.69, 9.17) is 4.74 Å². The normalized spacial score (nSPS) is 12.3. The lowest BCUT2D eigenvalue weighted by Crippen LogP contribution is -2.25. The van der Waals surface area contributed by atoms with E-state index < -0.39 is 16.7 Å². The number of nitrogens with zero attached hydrogens (tertiary/aromatic N) is 1. The zero-order valence-corrected chi connectivity index (χ0v) is 17.1. The minimum atomic E-state index is -2.40. The van der Waals surface area contributed by atoms with Crippen LogP contribution in [0, 0.1) is 5.41 Å². The Hall–Kier alpha value is -2.16. The van der Waals surface area contributed by atoms with Crippen LogP contribution in [0.1, 0.15) is 31.1 Å². The van der Waals surface area contributed by atoms with Crippen LogP contribution in [0.15, 0.2) is 47.4 Å². The first-order valence-electron chi connectivity index (χ1n) is 8.04. The highest BCUT2D eigenvalue weighted by Gasteiger charge is 2.24. The first-order chi connectivity index (χ1) is 12.7. The van der Waals surface area contributed by atoms with Gasteiger partial charge in [-0.25, -0.2) is 8.51 Å². The van der Waals surface area contributed by atoms with Gasteiger partial charge >= 0.3 is 5.97 Å². The first kappa shape index (κ1) is 21.1. The monoisotopic (exact) mass is 407 g/mol. The molecule has 6 nitrogen and oxygen atoms in total. The maximum absolute atomic E-state index is 12.0. The number of thioether (sulfide) groups is 1. The summed E-state index contributed by atoms with van der Waals surface area (Å²) < 4.78 is 28.2. The van der Waals surface area contributed by atoms with Crippen molar-refractivity contribution in [2.24, 2.45) is 5.41 Å². The number of benzene rings is 2. The number of aldehydes is 1. The molecule has 0 bridgehead atoms. The molecule has 0 radical (unpaired) electrons. The molecule has 0 aliphatic rings. The number of hydrogen-bond acceptors (Lipinski definition) is 5. The highest BCUT2D eigenvalue weighted by atomic mass is 32.2. The number of ether oxygens (including phenoxy) is 1. The third kappa shape index (κ3) is 5.18. The molecule has 0 amide bonds. The van der Waals surface area contributed by atoms with E-state index in [2.05, 4.69) is 0 Å². The van der Waals surface area contributed by atoms with Crippen LogP contribution in [0.25, 0.3) is 0 Å². The molecule has 0 saturated carbocycles. The summed E-state index contributed by atoms with van der Waals surface area (Å²) in [6.07, 6.45) is 2.53. The van der Waals surface area contributed by atoms with Crippen LogP contribution in [0.4, 0.5) is 11.4 Å². The molecule has 0 aromatic heterocycles. The molecular formula is C19H21NO5S2. The van der Waals surface area contributed by atoms with Gasteiger partial charge in [-0.2, -0.15) is 0 Å². The van der Waals surface area contributed by atoms with Crippen LogP contribution >= 0.6 is 11.8 Å². The van der Waals surface area contributed by atoms with Crippen molar-refractivity contribution in [1.29, 1.82) is 0 Å². The van der Waals surface area contributed by atoms with Gasteiger partial charge in [-0.05, 0) is 69.5 Å². The molecule has 0 spiro atoms. The number of esters is 1. The van der Waals surface area contributed by atoms with Crippen molar-refractivity contribution in [3.63, 3.8) is 0 Å². The lowest BCUT2D eigenvalue weighted by atomic mass is 9.97. The summed E-state index contributed by atoms with van der Waals surface area (Å²) in [5.41, 5.74) is 0.344. The van der Waals surface area contributed by atoms with E-state index in [1.807, 2.05) is 6.26 Å². The summed E-state index contributed by atoms with van der Waals surface area (Å²) in [6.45, 7) is 5.25. The van der Waals surface area contributed by atoms with Crippen LogP contribution < -0.4 is 9.04 Å². The van der Waals surface area contributed by atoms with Crippen LogP contribution in [0.3, 0.4) is 0 Å². The third-order valence-electron chi connectivity index (χ3n) is 3.63. The average molecular weight is 408 g/mol. The standard InChI is InChI=1S/C19H21NO5S2/c1-19(2,3)18(22)25-15-7-5-14(6-8-15)20(27(23)24)17-10-9-16(26-4)11-13(17)12-21/h5-12H,1-4H3,(H,23,24). The Balaban J connectivity index is 2.37. The smallest absolute Gasteiger partial charge is 0.316 e. The summed E-state index contributed by atoms with van der Waals surface area (Å²) in [6, 6.07) is 11.2. The summed E-state index contributed by atoms with van der Waals surface area (Å²) in [7, 11) is 0. The lowest BCUT2D eigenvalue weighted by Gasteiger charge is -2.22. The van der Waals surface area contributed by atoms with E-state index in [0.29, 0.717) is 29.0 Å². The van der Waals surface area contributed by atoms with Gasteiger partial charge in [-0.3, -0.25) is 14.1 Å². The predicted molar refractivity (Wildman–Crippen MR) is 108 cm³/mol. The number of hydrogen-bond donors (Lipinski definition) is 1. The first-order valence-corrected chi connectivity index (χ1v) is 10.3. The number of carbonyl (C=O) groups is 2. The van der Waals surface area contributed by atoms with E-state index in [0.717, 1.165) is 9.20 Å². The highest BCUT2D eigenvalue weighted by molar-refractivity contribution is 7.98. The molecule has 0 aliphatic carbocycles. The van der Waals surface area contributed by atoms with Gasteiger partial charge in [0.25, 0.3) is 11.3 Å². The zero-order chi connectivity index (χ0) is 20.2. The fourth-order valence-electron chi connectivity index (χ4n) is 2.16. The number of rotatable bonds is 6. The second-order valence-corrected chi connectivity index (χ2v) is 8.41. The summed E-state index contributed by atoms with van der Waals surface area (Å²) in [5.74, 6) is -0.0515. The van der Waals surface area contributed by atoms with Crippen molar-refractivity contribution in [2.45, 2.75) is 25.7 Å². The Labute approximate surface area is 165 Å². The van der Waals surface area contributed by atoms with E-state index in [9.17, 15) is 18.4 Å². The van der Waals surface area contributed by atoms with Crippen molar-refractivity contribution >= 4 is 46.7 Å². The minimum Gasteiger partial charge on any atom is -0.426 e. The summed E-state index contributed by atoms with van der Waals surface area (Å²) >= 11 is -0.929. The molecule has 2 aromatic rings. The Morgan fingerprint density at radius 2 is 1.81 bits per heavy atom. The topological polar surface area (TPSA) is 83.9 Å². The molecule has 2 aromatic carbocycles. The molecule has 0 heterocycles. The Kier molecular flexibility index (Phi) is 6.80. The highest BCUT2D eigenvalue weighted by Crippen LogP contribution is 2.33. The van der Waals surface area contributed by atoms with Crippen molar-refractivity contribution < 1.29 is 23.1 Å². The van der Waals surface area contributed by atoms with Crippen molar-refractivity contribution in [2.75, 3.05) is 10.6 Å². The SMILES string of the molecule is CSc1ccc(N(c2ccc(OC(=O)C(C)(C)C)cc2)S(=O)O)c(C=O)c1. The second kappa shape index (κ2) is 8.69. The maximum atomic E-state index is 12.0. The van der Waals surface area contributed by atoms with E-state index >= 15 is 0 Å². The molecule has 8 heteroatoms. The molecular weight excluding hydrogens is 386 g/mol. The van der Waals surface area contributed by atoms with Crippen LogP contribution in [-0.4, -0.2) is 27.3 Å².